The predicted octanol–water partition coefficient (Wildman–Crippen LogP) is 2.80. The molecule has 0 saturated heterocycles. The smallest absolute Gasteiger partial charge is 0.0788 e. The third-order valence-corrected chi connectivity index (χ3v) is 3.80. The summed E-state index contributed by atoms with van der Waals surface area (Å²) in [5.41, 5.74) is 2.12. The number of hydrogen-bond acceptors (Lipinski definition) is 0. The second-order valence-electron chi connectivity index (χ2n) is 2.11. The molecule has 0 atom stereocenters. The quantitative estimate of drug-likeness (QED) is 0.406. The van der Waals surface area contributed by atoms with Gasteiger partial charge in [0, 0.05) is 0 Å². The molecule has 0 aliphatic rings. The van der Waals surface area contributed by atoms with E-state index in [9.17, 15) is 0 Å². The Bertz CT molecular complexity index is 86.6. The molecule has 0 aromatic carbocycles. The van der Waals surface area contributed by atoms with Crippen LogP contribution in [0.2, 0.25) is 12.1 Å². The Morgan fingerprint density at radius 2 is 2.11 bits per heavy atom. The van der Waals surface area contributed by atoms with Crippen molar-refractivity contribution < 1.29 is 0 Å². The first-order valence-corrected chi connectivity index (χ1v) is 5.42. The van der Waals surface area contributed by atoms with Crippen LogP contribution < -0.4 is 0 Å². The molecule has 0 N–H and O–H groups in total. The Labute approximate surface area is 59.9 Å². The Hall–Kier alpha value is -0.303. The highest BCUT2D eigenvalue weighted by atomic mass is 28.3. The van der Waals surface area contributed by atoms with E-state index < -0.39 is 0 Å². The molecule has 0 saturated carbocycles. The van der Waals surface area contributed by atoms with Gasteiger partial charge in [-0.05, 0) is 6.04 Å². The summed E-state index contributed by atoms with van der Waals surface area (Å²) < 4.78 is 0. The normalized spacial score (nSPS) is 9.56. The zero-order chi connectivity index (χ0) is 7.11. The lowest BCUT2D eigenvalue weighted by molar-refractivity contribution is 1.06. The van der Waals surface area contributed by atoms with Gasteiger partial charge in [-0.2, -0.15) is 0 Å². The largest absolute Gasteiger partial charge is 0.107 e. The standard InChI is InChI=1S/C8H15Si/c1-4-7-9(6-3)8-5-2/h4,6H,1,3,5,7-8H2,2H3. The van der Waals surface area contributed by atoms with Crippen LogP contribution in [0.3, 0.4) is 0 Å². The molecule has 0 nitrogen and oxygen atoms in total. The summed E-state index contributed by atoms with van der Waals surface area (Å²) in [5.74, 6) is 0. The van der Waals surface area contributed by atoms with E-state index in [0.717, 1.165) is 0 Å². The summed E-state index contributed by atoms with van der Waals surface area (Å²) in [7, 11) is -0.240. The topological polar surface area (TPSA) is 0 Å². The van der Waals surface area contributed by atoms with Crippen molar-refractivity contribution in [1.29, 1.82) is 0 Å². The zero-order valence-electron chi connectivity index (χ0n) is 6.19. The molecule has 0 aromatic rings. The van der Waals surface area contributed by atoms with Crippen molar-refractivity contribution in [3.63, 3.8) is 0 Å². The predicted molar refractivity (Wildman–Crippen MR) is 46.1 cm³/mol. The van der Waals surface area contributed by atoms with Crippen molar-refractivity contribution in [2.45, 2.75) is 25.4 Å². The number of rotatable bonds is 5. The van der Waals surface area contributed by atoms with E-state index in [1.807, 2.05) is 6.08 Å². The fraction of sp³-hybridized carbons (Fsp3) is 0.500. The van der Waals surface area contributed by atoms with Crippen LogP contribution in [0.1, 0.15) is 13.3 Å². The van der Waals surface area contributed by atoms with E-state index >= 15 is 0 Å². The Morgan fingerprint density at radius 1 is 1.44 bits per heavy atom. The van der Waals surface area contributed by atoms with Crippen LogP contribution >= 0.6 is 0 Å². The molecule has 0 heterocycles. The minimum atomic E-state index is -0.240. The van der Waals surface area contributed by atoms with Crippen LogP contribution in [0.25, 0.3) is 0 Å². The van der Waals surface area contributed by atoms with E-state index in [-0.39, 0.29) is 8.80 Å². The molecule has 0 rings (SSSR count). The summed E-state index contributed by atoms with van der Waals surface area (Å²) in [6, 6.07) is 2.53. The third kappa shape index (κ3) is 4.22. The van der Waals surface area contributed by atoms with Gasteiger partial charge in [-0.1, -0.05) is 25.5 Å². The van der Waals surface area contributed by atoms with E-state index in [4.69, 9.17) is 0 Å². The van der Waals surface area contributed by atoms with Crippen LogP contribution in [0, 0.1) is 0 Å². The summed E-state index contributed by atoms with van der Waals surface area (Å²) in [6.07, 6.45) is 3.29. The molecule has 0 aliphatic heterocycles. The van der Waals surface area contributed by atoms with Gasteiger partial charge >= 0.3 is 0 Å². The van der Waals surface area contributed by atoms with Gasteiger partial charge in [-0.25, -0.2) is 0 Å². The van der Waals surface area contributed by atoms with Gasteiger partial charge in [0.05, 0.1) is 8.80 Å². The van der Waals surface area contributed by atoms with E-state index in [2.05, 4.69) is 25.8 Å². The van der Waals surface area contributed by atoms with Crippen LogP contribution in [0.4, 0.5) is 0 Å². The fourth-order valence-corrected chi connectivity index (χ4v) is 2.38. The molecule has 0 aliphatic carbocycles. The fourth-order valence-electron chi connectivity index (χ4n) is 0.794. The van der Waals surface area contributed by atoms with E-state index in [0.29, 0.717) is 0 Å². The second kappa shape index (κ2) is 5.83. The summed E-state index contributed by atoms with van der Waals surface area (Å²) >= 11 is 0. The number of allylic oxidation sites excluding steroid dienone is 1. The van der Waals surface area contributed by atoms with Crippen LogP contribution in [-0.4, -0.2) is 8.80 Å². The lowest BCUT2D eigenvalue weighted by Crippen LogP contribution is -2.05. The molecular weight excluding hydrogens is 124 g/mol. The first-order valence-electron chi connectivity index (χ1n) is 3.43. The first kappa shape index (κ1) is 8.70. The highest BCUT2D eigenvalue weighted by Crippen LogP contribution is 2.03. The summed E-state index contributed by atoms with van der Waals surface area (Å²) in [4.78, 5) is 0. The van der Waals surface area contributed by atoms with Gasteiger partial charge in [0.1, 0.15) is 0 Å². The van der Waals surface area contributed by atoms with Gasteiger partial charge in [-0.15, -0.1) is 18.9 Å². The van der Waals surface area contributed by atoms with Gasteiger partial charge in [0.25, 0.3) is 0 Å². The minimum absolute atomic E-state index is 0.240. The molecule has 0 unspecified atom stereocenters. The molecule has 9 heavy (non-hydrogen) atoms. The molecule has 1 radical (unpaired) electrons. The maximum absolute atomic E-state index is 3.80. The van der Waals surface area contributed by atoms with Crippen LogP contribution in [-0.2, 0) is 0 Å². The average molecular weight is 139 g/mol. The highest BCUT2D eigenvalue weighted by molar-refractivity contribution is 6.64. The zero-order valence-corrected chi connectivity index (χ0v) is 7.19. The lowest BCUT2D eigenvalue weighted by Gasteiger charge is -2.02. The molecule has 0 aromatic heterocycles. The van der Waals surface area contributed by atoms with Crippen molar-refractivity contribution >= 4 is 8.80 Å². The maximum Gasteiger partial charge on any atom is 0.0788 e. The SMILES string of the molecule is C=CC[Si](C=C)CCC. The average Bonchev–Trinajstić information content (AvgIpc) is 1.88. The summed E-state index contributed by atoms with van der Waals surface area (Å²) in [6.45, 7) is 9.72. The van der Waals surface area contributed by atoms with Gasteiger partial charge < -0.3 is 0 Å². The molecule has 0 spiro atoms. The Kier molecular flexibility index (Phi) is 5.63. The van der Waals surface area contributed by atoms with Gasteiger partial charge in [0.2, 0.25) is 0 Å². The van der Waals surface area contributed by atoms with E-state index in [1.54, 1.807) is 0 Å². The van der Waals surface area contributed by atoms with Gasteiger partial charge in [0.15, 0.2) is 0 Å². The van der Waals surface area contributed by atoms with Crippen LogP contribution in [0.15, 0.2) is 24.9 Å². The number of hydrogen-bond donors (Lipinski definition) is 0. The van der Waals surface area contributed by atoms with Gasteiger partial charge in [-0.3, -0.25) is 0 Å². The maximum atomic E-state index is 3.80. The molecular formula is C8H15Si. The van der Waals surface area contributed by atoms with Crippen molar-refractivity contribution in [3.05, 3.63) is 24.9 Å². The van der Waals surface area contributed by atoms with Crippen molar-refractivity contribution in [3.8, 4) is 0 Å². The molecule has 0 bridgehead atoms. The molecule has 0 fully saturated rings. The van der Waals surface area contributed by atoms with E-state index in [1.165, 1.54) is 18.5 Å². The Morgan fingerprint density at radius 3 is 2.44 bits per heavy atom. The molecule has 0 amide bonds. The summed E-state index contributed by atoms with van der Waals surface area (Å²) in [5, 5.41) is 0. The first-order chi connectivity index (χ1) is 4.35. The van der Waals surface area contributed by atoms with Crippen molar-refractivity contribution in [2.24, 2.45) is 0 Å². The minimum Gasteiger partial charge on any atom is -0.107 e. The Balaban J connectivity index is 3.40. The monoisotopic (exact) mass is 139 g/mol. The third-order valence-electron chi connectivity index (χ3n) is 1.27. The lowest BCUT2D eigenvalue weighted by atomic mass is 10.6. The van der Waals surface area contributed by atoms with Crippen molar-refractivity contribution in [2.75, 3.05) is 0 Å². The second-order valence-corrected chi connectivity index (χ2v) is 4.74. The molecule has 1 heteroatoms. The highest BCUT2D eigenvalue weighted by Gasteiger charge is 2.00. The van der Waals surface area contributed by atoms with Crippen LogP contribution in [0.5, 0.6) is 0 Å². The van der Waals surface area contributed by atoms with Crippen molar-refractivity contribution in [1.82, 2.24) is 0 Å². The molecule has 51 valence electrons.